The molecule has 2 heterocycles. The van der Waals surface area contributed by atoms with Crippen LogP contribution in [0.2, 0.25) is 0 Å². The molecule has 0 aliphatic carbocycles. The summed E-state index contributed by atoms with van der Waals surface area (Å²) in [6.45, 7) is 4.62. The Labute approximate surface area is 170 Å². The molecule has 0 spiro atoms. The molecule has 0 radical (unpaired) electrons. The second-order valence-electron chi connectivity index (χ2n) is 7.65. The Kier molecular flexibility index (Phi) is 4.92. The lowest BCUT2D eigenvalue weighted by molar-refractivity contribution is -0.129. The van der Waals surface area contributed by atoms with Crippen molar-refractivity contribution in [3.8, 4) is 16.9 Å². The summed E-state index contributed by atoms with van der Waals surface area (Å²) in [4.78, 5) is 27.5. The lowest BCUT2D eigenvalue weighted by Crippen LogP contribution is -2.55. The third-order valence-corrected chi connectivity index (χ3v) is 5.32. The fraction of sp³-hybridized carbons (Fsp3) is 0.261. The van der Waals surface area contributed by atoms with Crippen molar-refractivity contribution in [2.75, 3.05) is 13.1 Å². The zero-order valence-electron chi connectivity index (χ0n) is 16.6. The first-order chi connectivity index (χ1) is 14.0. The van der Waals surface area contributed by atoms with Crippen LogP contribution in [0.3, 0.4) is 0 Å². The maximum Gasteiger partial charge on any atom is 0.275 e. The standard InChI is InChI=1S/C23H24N4O2/c1-23(2)22(29)24-14-9-15-26(23)21(28)19-16-20(17-10-5-3-6-11-17)27(25-19)18-12-7-4-8-13-18/h3-8,10-13,16H,9,14-15H2,1-2H3,(H,24,29). The van der Waals surface area contributed by atoms with E-state index in [1.165, 1.54) is 0 Å². The molecule has 29 heavy (non-hydrogen) atoms. The molecule has 2 aromatic carbocycles. The number of nitrogens with zero attached hydrogens (tertiary/aromatic N) is 3. The molecule has 0 atom stereocenters. The Morgan fingerprint density at radius 2 is 1.69 bits per heavy atom. The van der Waals surface area contributed by atoms with Crippen molar-refractivity contribution in [3.63, 3.8) is 0 Å². The normalized spacial score (nSPS) is 16.2. The van der Waals surface area contributed by atoms with Crippen LogP contribution < -0.4 is 5.32 Å². The van der Waals surface area contributed by atoms with Crippen molar-refractivity contribution in [2.24, 2.45) is 0 Å². The van der Waals surface area contributed by atoms with Gasteiger partial charge in [0.25, 0.3) is 5.91 Å². The molecule has 0 bridgehead atoms. The maximum absolute atomic E-state index is 13.4. The molecule has 6 nitrogen and oxygen atoms in total. The molecule has 0 saturated carbocycles. The molecule has 1 N–H and O–H groups in total. The van der Waals surface area contributed by atoms with Crippen LogP contribution in [-0.4, -0.2) is 45.1 Å². The minimum Gasteiger partial charge on any atom is -0.354 e. The van der Waals surface area contributed by atoms with E-state index in [-0.39, 0.29) is 11.8 Å². The molecule has 4 rings (SSSR count). The first-order valence-electron chi connectivity index (χ1n) is 9.79. The molecule has 1 saturated heterocycles. The van der Waals surface area contributed by atoms with Gasteiger partial charge in [-0.2, -0.15) is 5.10 Å². The quantitative estimate of drug-likeness (QED) is 0.749. The first-order valence-corrected chi connectivity index (χ1v) is 9.79. The van der Waals surface area contributed by atoms with Crippen molar-refractivity contribution in [2.45, 2.75) is 25.8 Å². The summed E-state index contributed by atoms with van der Waals surface area (Å²) in [6.07, 6.45) is 0.714. The summed E-state index contributed by atoms with van der Waals surface area (Å²) in [5.41, 5.74) is 2.07. The van der Waals surface area contributed by atoms with E-state index in [4.69, 9.17) is 0 Å². The number of amides is 2. The van der Waals surface area contributed by atoms with Gasteiger partial charge in [0.1, 0.15) is 5.54 Å². The Bertz CT molecular complexity index is 969. The van der Waals surface area contributed by atoms with Gasteiger partial charge in [-0.25, -0.2) is 4.68 Å². The molecule has 0 unspecified atom stereocenters. The Balaban J connectivity index is 1.79. The molecule has 6 heteroatoms. The van der Waals surface area contributed by atoms with E-state index in [9.17, 15) is 9.59 Å². The number of carbonyl (C=O) groups is 2. The van der Waals surface area contributed by atoms with Crippen molar-refractivity contribution in [1.29, 1.82) is 0 Å². The second kappa shape index (κ2) is 7.54. The summed E-state index contributed by atoms with van der Waals surface area (Å²) < 4.78 is 1.79. The maximum atomic E-state index is 13.4. The van der Waals surface area contributed by atoms with E-state index in [1.54, 1.807) is 23.4 Å². The van der Waals surface area contributed by atoms with Gasteiger partial charge in [-0.05, 0) is 38.5 Å². The number of nitrogens with one attached hydrogen (secondary N) is 1. The second-order valence-corrected chi connectivity index (χ2v) is 7.65. The van der Waals surface area contributed by atoms with Gasteiger partial charge in [-0.15, -0.1) is 0 Å². The summed E-state index contributed by atoms with van der Waals surface area (Å²) in [7, 11) is 0. The highest BCUT2D eigenvalue weighted by Crippen LogP contribution is 2.26. The van der Waals surface area contributed by atoms with Gasteiger partial charge in [-0.3, -0.25) is 9.59 Å². The average Bonchev–Trinajstić information content (AvgIpc) is 3.14. The van der Waals surface area contributed by atoms with Crippen LogP contribution in [0.1, 0.15) is 30.8 Å². The van der Waals surface area contributed by atoms with Crippen LogP contribution in [0.4, 0.5) is 0 Å². The fourth-order valence-corrected chi connectivity index (χ4v) is 3.62. The fourth-order valence-electron chi connectivity index (χ4n) is 3.62. The van der Waals surface area contributed by atoms with Gasteiger partial charge in [-0.1, -0.05) is 48.5 Å². The number of hydrogen-bond donors (Lipinski definition) is 1. The third-order valence-electron chi connectivity index (χ3n) is 5.32. The molecule has 1 aliphatic heterocycles. The molecular weight excluding hydrogens is 364 g/mol. The van der Waals surface area contributed by atoms with E-state index >= 15 is 0 Å². The van der Waals surface area contributed by atoms with Crippen LogP contribution in [0.5, 0.6) is 0 Å². The number of aromatic nitrogens is 2. The Morgan fingerprint density at radius 3 is 2.38 bits per heavy atom. The van der Waals surface area contributed by atoms with Crippen LogP contribution in [0, 0.1) is 0 Å². The molecule has 1 aromatic heterocycles. The zero-order valence-corrected chi connectivity index (χ0v) is 16.6. The minimum atomic E-state index is -0.934. The number of para-hydroxylation sites is 1. The number of rotatable bonds is 3. The molecule has 1 aliphatic rings. The van der Waals surface area contributed by atoms with Gasteiger partial charge in [0.05, 0.1) is 11.4 Å². The topological polar surface area (TPSA) is 67.2 Å². The van der Waals surface area contributed by atoms with Crippen LogP contribution in [0.25, 0.3) is 16.9 Å². The van der Waals surface area contributed by atoms with Crippen LogP contribution >= 0.6 is 0 Å². The van der Waals surface area contributed by atoms with Crippen LogP contribution in [0.15, 0.2) is 66.7 Å². The molecule has 3 aromatic rings. The monoisotopic (exact) mass is 388 g/mol. The van der Waals surface area contributed by atoms with Crippen LogP contribution in [-0.2, 0) is 4.79 Å². The van der Waals surface area contributed by atoms with Crippen molar-refractivity contribution < 1.29 is 9.59 Å². The first kappa shape index (κ1) is 18.9. The Morgan fingerprint density at radius 1 is 1.03 bits per heavy atom. The lowest BCUT2D eigenvalue weighted by atomic mass is 10.0. The van der Waals surface area contributed by atoms with E-state index in [0.717, 1.165) is 16.9 Å². The van der Waals surface area contributed by atoms with E-state index in [2.05, 4.69) is 10.4 Å². The van der Waals surface area contributed by atoms with Gasteiger partial charge >= 0.3 is 0 Å². The number of benzene rings is 2. The van der Waals surface area contributed by atoms with E-state index in [1.807, 2.05) is 66.7 Å². The molecule has 1 fully saturated rings. The SMILES string of the molecule is CC1(C)C(=O)NCCCN1C(=O)c1cc(-c2ccccc2)n(-c2ccccc2)n1. The minimum absolute atomic E-state index is 0.144. The van der Waals surface area contributed by atoms with E-state index in [0.29, 0.717) is 25.2 Å². The Hall–Kier alpha value is -3.41. The van der Waals surface area contributed by atoms with Gasteiger partial charge in [0.2, 0.25) is 5.91 Å². The average molecular weight is 388 g/mol. The highest BCUT2D eigenvalue weighted by atomic mass is 16.2. The largest absolute Gasteiger partial charge is 0.354 e. The van der Waals surface area contributed by atoms with Gasteiger partial charge in [0, 0.05) is 18.7 Å². The van der Waals surface area contributed by atoms with Gasteiger partial charge < -0.3 is 10.2 Å². The van der Waals surface area contributed by atoms with Gasteiger partial charge in [0.15, 0.2) is 5.69 Å². The third kappa shape index (κ3) is 3.53. The summed E-state index contributed by atoms with van der Waals surface area (Å²) in [5.74, 6) is -0.381. The number of hydrogen-bond acceptors (Lipinski definition) is 3. The predicted octanol–water partition coefficient (Wildman–Crippen LogP) is 3.28. The van der Waals surface area contributed by atoms with E-state index < -0.39 is 5.54 Å². The smallest absolute Gasteiger partial charge is 0.275 e. The summed E-state index contributed by atoms with van der Waals surface area (Å²) in [5, 5.41) is 7.53. The molecular formula is C23H24N4O2. The summed E-state index contributed by atoms with van der Waals surface area (Å²) >= 11 is 0. The van der Waals surface area contributed by atoms with Crippen molar-refractivity contribution >= 4 is 11.8 Å². The number of carbonyl (C=O) groups excluding carboxylic acids is 2. The highest BCUT2D eigenvalue weighted by Gasteiger charge is 2.40. The summed E-state index contributed by atoms with van der Waals surface area (Å²) in [6, 6.07) is 21.4. The highest BCUT2D eigenvalue weighted by molar-refractivity contribution is 5.98. The molecule has 2 amide bonds. The van der Waals surface area contributed by atoms with Crippen molar-refractivity contribution in [1.82, 2.24) is 20.0 Å². The predicted molar refractivity (Wildman–Crippen MR) is 112 cm³/mol. The lowest BCUT2D eigenvalue weighted by Gasteiger charge is -2.34. The van der Waals surface area contributed by atoms with Crippen molar-refractivity contribution in [3.05, 3.63) is 72.4 Å². The zero-order chi connectivity index (χ0) is 20.4. The molecule has 148 valence electrons.